The van der Waals surface area contributed by atoms with Crippen LogP contribution in [-0.4, -0.2) is 28.1 Å². The highest BCUT2D eigenvalue weighted by molar-refractivity contribution is 5.90. The van der Waals surface area contributed by atoms with E-state index >= 15 is 0 Å². The molecule has 2 rings (SSSR count). The number of aromatic nitrogens is 2. The summed E-state index contributed by atoms with van der Waals surface area (Å²) in [6.45, 7) is 6.40. The molecule has 106 valence electrons. The van der Waals surface area contributed by atoms with Crippen molar-refractivity contribution in [3.8, 4) is 0 Å². The van der Waals surface area contributed by atoms with E-state index in [1.54, 1.807) is 0 Å². The molecule has 0 aliphatic heterocycles. The predicted octanol–water partition coefficient (Wildman–Crippen LogP) is 1.27. The number of hydrogen-bond donors (Lipinski definition) is 2. The van der Waals surface area contributed by atoms with Crippen molar-refractivity contribution in [2.75, 3.05) is 0 Å². The molecule has 0 radical (unpaired) electrons. The molecule has 6 nitrogen and oxygen atoms in total. The highest BCUT2D eigenvalue weighted by Gasteiger charge is 2.26. The zero-order valence-electron chi connectivity index (χ0n) is 11.8. The molecule has 1 amide bonds. The second-order valence-corrected chi connectivity index (χ2v) is 6.49. The van der Waals surface area contributed by atoms with Gasteiger partial charge in [-0.25, -0.2) is 0 Å². The molecule has 1 fully saturated rings. The standard InChI is InChI=1S/C13H22N4O2/c1-13(2,3)7-8(14)6-10-16-11(17-19-10)12(18)15-9-4-5-9/h8-9H,4-7,14H2,1-3H3,(H,15,18). The summed E-state index contributed by atoms with van der Waals surface area (Å²) in [6, 6.07) is 0.248. The Morgan fingerprint density at radius 3 is 2.79 bits per heavy atom. The average molecular weight is 266 g/mol. The molecule has 6 heteroatoms. The van der Waals surface area contributed by atoms with Gasteiger partial charge in [0.25, 0.3) is 11.7 Å². The van der Waals surface area contributed by atoms with E-state index in [0.29, 0.717) is 12.3 Å². The Balaban J connectivity index is 1.87. The van der Waals surface area contributed by atoms with Gasteiger partial charge in [-0.15, -0.1) is 0 Å². The molecule has 1 aromatic heterocycles. The molecular formula is C13H22N4O2. The SMILES string of the molecule is CC(C)(C)CC(N)Cc1nc(C(=O)NC2CC2)no1. The van der Waals surface area contributed by atoms with Crippen molar-refractivity contribution in [2.45, 2.75) is 58.5 Å². The number of carbonyl (C=O) groups is 1. The quantitative estimate of drug-likeness (QED) is 0.837. The molecule has 1 unspecified atom stereocenters. The number of nitrogens with zero attached hydrogens (tertiary/aromatic N) is 2. The van der Waals surface area contributed by atoms with Crippen LogP contribution in [0.5, 0.6) is 0 Å². The summed E-state index contributed by atoms with van der Waals surface area (Å²) in [6.07, 6.45) is 3.43. The first-order chi connectivity index (χ1) is 8.83. The van der Waals surface area contributed by atoms with Gasteiger partial charge in [-0.2, -0.15) is 4.98 Å². The third kappa shape index (κ3) is 4.63. The van der Waals surface area contributed by atoms with Gasteiger partial charge in [0.2, 0.25) is 5.89 Å². The van der Waals surface area contributed by atoms with Crippen LogP contribution in [-0.2, 0) is 6.42 Å². The summed E-state index contributed by atoms with van der Waals surface area (Å²) >= 11 is 0. The summed E-state index contributed by atoms with van der Waals surface area (Å²) in [5.74, 6) is 0.268. The number of carbonyl (C=O) groups excluding carboxylic acids is 1. The number of amides is 1. The summed E-state index contributed by atoms with van der Waals surface area (Å²) < 4.78 is 5.07. The summed E-state index contributed by atoms with van der Waals surface area (Å²) in [5, 5.41) is 6.51. The molecule has 0 aromatic carbocycles. The zero-order chi connectivity index (χ0) is 14.0. The first-order valence-corrected chi connectivity index (χ1v) is 6.72. The van der Waals surface area contributed by atoms with Gasteiger partial charge in [0, 0.05) is 18.5 Å². The van der Waals surface area contributed by atoms with Gasteiger partial charge < -0.3 is 15.6 Å². The smallest absolute Gasteiger partial charge is 0.292 e. The summed E-state index contributed by atoms with van der Waals surface area (Å²) in [7, 11) is 0. The third-order valence-corrected chi connectivity index (χ3v) is 2.90. The lowest BCUT2D eigenvalue weighted by atomic mass is 9.87. The van der Waals surface area contributed by atoms with Gasteiger partial charge in [0.1, 0.15) is 0 Å². The number of nitrogens with one attached hydrogen (secondary N) is 1. The molecular weight excluding hydrogens is 244 g/mol. The number of rotatable bonds is 5. The lowest BCUT2D eigenvalue weighted by Crippen LogP contribution is -2.29. The molecule has 3 N–H and O–H groups in total. The van der Waals surface area contributed by atoms with Crippen molar-refractivity contribution in [1.29, 1.82) is 0 Å². The number of hydrogen-bond acceptors (Lipinski definition) is 5. The summed E-state index contributed by atoms with van der Waals surface area (Å²) in [4.78, 5) is 15.8. The van der Waals surface area contributed by atoms with Crippen molar-refractivity contribution in [3.05, 3.63) is 11.7 Å². The van der Waals surface area contributed by atoms with E-state index in [1.807, 2.05) is 0 Å². The second-order valence-electron chi connectivity index (χ2n) is 6.49. The Morgan fingerprint density at radius 2 is 2.21 bits per heavy atom. The van der Waals surface area contributed by atoms with Crippen LogP contribution in [0.25, 0.3) is 0 Å². The van der Waals surface area contributed by atoms with E-state index in [-0.39, 0.29) is 29.2 Å². The molecule has 0 bridgehead atoms. The van der Waals surface area contributed by atoms with Crippen molar-refractivity contribution >= 4 is 5.91 Å². The van der Waals surface area contributed by atoms with Crippen LogP contribution in [0.3, 0.4) is 0 Å². The van der Waals surface area contributed by atoms with Crippen LogP contribution in [0.2, 0.25) is 0 Å². The molecule has 19 heavy (non-hydrogen) atoms. The van der Waals surface area contributed by atoms with E-state index in [4.69, 9.17) is 10.3 Å². The van der Waals surface area contributed by atoms with Crippen LogP contribution in [0, 0.1) is 5.41 Å². The molecule has 1 atom stereocenters. The molecule has 0 spiro atoms. The zero-order valence-corrected chi connectivity index (χ0v) is 11.8. The van der Waals surface area contributed by atoms with Crippen molar-refractivity contribution in [3.63, 3.8) is 0 Å². The first kappa shape index (κ1) is 14.0. The van der Waals surface area contributed by atoms with Crippen molar-refractivity contribution in [1.82, 2.24) is 15.5 Å². The maximum atomic E-state index is 11.7. The largest absolute Gasteiger partial charge is 0.346 e. The Morgan fingerprint density at radius 1 is 1.53 bits per heavy atom. The number of nitrogens with two attached hydrogens (primary N) is 1. The fourth-order valence-electron chi connectivity index (χ4n) is 1.99. The van der Waals surface area contributed by atoms with Gasteiger partial charge >= 0.3 is 0 Å². The average Bonchev–Trinajstić information content (AvgIpc) is 2.93. The Labute approximate surface area is 113 Å². The van der Waals surface area contributed by atoms with Crippen molar-refractivity contribution in [2.24, 2.45) is 11.1 Å². The molecule has 1 heterocycles. The van der Waals surface area contributed by atoms with Crippen LogP contribution >= 0.6 is 0 Å². The van der Waals surface area contributed by atoms with Gasteiger partial charge in [-0.1, -0.05) is 25.9 Å². The minimum Gasteiger partial charge on any atom is -0.346 e. The fourth-order valence-corrected chi connectivity index (χ4v) is 1.99. The van der Waals surface area contributed by atoms with Gasteiger partial charge in [-0.05, 0) is 24.7 Å². The first-order valence-electron chi connectivity index (χ1n) is 6.72. The van der Waals surface area contributed by atoms with Crippen LogP contribution < -0.4 is 11.1 Å². The molecule has 0 saturated heterocycles. The Kier molecular flexibility index (Phi) is 3.89. The van der Waals surface area contributed by atoms with E-state index in [0.717, 1.165) is 19.3 Å². The maximum absolute atomic E-state index is 11.7. The van der Waals surface area contributed by atoms with Crippen LogP contribution in [0.15, 0.2) is 4.52 Å². The monoisotopic (exact) mass is 266 g/mol. The van der Waals surface area contributed by atoms with E-state index in [2.05, 4.69) is 36.2 Å². The van der Waals surface area contributed by atoms with Crippen LogP contribution in [0.4, 0.5) is 0 Å². The van der Waals surface area contributed by atoms with Gasteiger partial charge in [0.15, 0.2) is 0 Å². The second kappa shape index (κ2) is 5.28. The lowest BCUT2D eigenvalue weighted by molar-refractivity contribution is 0.0937. The summed E-state index contributed by atoms with van der Waals surface area (Å²) in [5.41, 5.74) is 6.20. The molecule has 1 aliphatic carbocycles. The predicted molar refractivity (Wildman–Crippen MR) is 70.5 cm³/mol. The maximum Gasteiger partial charge on any atom is 0.292 e. The third-order valence-electron chi connectivity index (χ3n) is 2.90. The topological polar surface area (TPSA) is 94.0 Å². The Bertz CT molecular complexity index is 446. The highest BCUT2D eigenvalue weighted by atomic mass is 16.5. The normalized spacial score (nSPS) is 17.3. The lowest BCUT2D eigenvalue weighted by Gasteiger charge is -2.21. The van der Waals surface area contributed by atoms with E-state index in [9.17, 15) is 4.79 Å². The molecule has 1 saturated carbocycles. The minimum atomic E-state index is -0.262. The molecule has 1 aromatic rings. The van der Waals surface area contributed by atoms with E-state index in [1.165, 1.54) is 0 Å². The highest BCUT2D eigenvalue weighted by Crippen LogP contribution is 2.21. The Hall–Kier alpha value is -1.43. The van der Waals surface area contributed by atoms with Crippen molar-refractivity contribution < 1.29 is 9.32 Å². The molecule has 1 aliphatic rings. The van der Waals surface area contributed by atoms with Gasteiger partial charge in [-0.3, -0.25) is 4.79 Å². The fraction of sp³-hybridized carbons (Fsp3) is 0.769. The van der Waals surface area contributed by atoms with Gasteiger partial charge in [0.05, 0.1) is 0 Å². The minimum absolute atomic E-state index is 0.0419. The van der Waals surface area contributed by atoms with E-state index < -0.39 is 0 Å². The van der Waals surface area contributed by atoms with Crippen LogP contribution in [0.1, 0.15) is 56.5 Å².